The molecular weight excluding hydrogens is 356 g/mol. The first-order valence-electron chi connectivity index (χ1n) is 9.91. The van der Waals surface area contributed by atoms with Crippen LogP contribution in [0.2, 0.25) is 0 Å². The van der Waals surface area contributed by atoms with Gasteiger partial charge in [0.25, 0.3) is 0 Å². The summed E-state index contributed by atoms with van der Waals surface area (Å²) in [5.74, 6) is 1.46. The maximum atomic E-state index is 12.1. The van der Waals surface area contributed by atoms with Gasteiger partial charge in [-0.15, -0.1) is 0 Å². The number of piperidine rings is 1. The molecule has 0 aromatic heterocycles. The molecule has 0 saturated carbocycles. The minimum atomic E-state index is -0.840. The zero-order chi connectivity index (χ0) is 19.9. The predicted octanol–water partition coefficient (Wildman–Crippen LogP) is 2.67. The fourth-order valence-corrected chi connectivity index (χ4v) is 4.16. The van der Waals surface area contributed by atoms with E-state index in [1.807, 2.05) is 20.8 Å². The SMILES string of the molecule is CN=C(NCCS(=O)C(C)(C)C)NC1CCN(Cc2cccc(C)c2)CC1. The highest BCUT2D eigenvalue weighted by Crippen LogP contribution is 2.15. The van der Waals surface area contributed by atoms with Gasteiger partial charge in [-0.3, -0.25) is 14.1 Å². The third-order valence-electron chi connectivity index (χ3n) is 4.90. The van der Waals surface area contributed by atoms with Gasteiger partial charge < -0.3 is 10.6 Å². The van der Waals surface area contributed by atoms with Gasteiger partial charge in [-0.1, -0.05) is 29.8 Å². The van der Waals surface area contributed by atoms with Crippen molar-refractivity contribution in [3.63, 3.8) is 0 Å². The Hall–Kier alpha value is -1.40. The molecule has 0 amide bonds. The standard InChI is InChI=1S/C21H36N4OS/c1-17-7-6-8-18(15-17)16-25-12-9-19(10-13-25)24-20(22-5)23-11-14-27(26)21(2,3)4/h6-8,15,19H,9-14,16H2,1-5H3,(H2,22,23,24). The smallest absolute Gasteiger partial charge is 0.191 e. The Morgan fingerprint density at radius 3 is 2.59 bits per heavy atom. The number of hydrogen-bond donors (Lipinski definition) is 2. The van der Waals surface area contributed by atoms with Gasteiger partial charge >= 0.3 is 0 Å². The van der Waals surface area contributed by atoms with E-state index in [0.717, 1.165) is 38.4 Å². The van der Waals surface area contributed by atoms with Gasteiger partial charge in [-0.25, -0.2) is 0 Å². The van der Waals surface area contributed by atoms with Gasteiger partial charge in [-0.05, 0) is 46.1 Å². The summed E-state index contributed by atoms with van der Waals surface area (Å²) < 4.78 is 12.0. The lowest BCUT2D eigenvalue weighted by Crippen LogP contribution is -2.49. The number of likely N-dealkylation sites (tertiary alicyclic amines) is 1. The molecule has 5 nitrogen and oxygen atoms in total. The number of aryl methyl sites for hydroxylation is 1. The van der Waals surface area contributed by atoms with E-state index >= 15 is 0 Å². The molecule has 152 valence electrons. The Bertz CT molecular complexity index is 646. The van der Waals surface area contributed by atoms with Crippen molar-refractivity contribution in [2.24, 2.45) is 4.99 Å². The lowest BCUT2D eigenvalue weighted by molar-refractivity contribution is 0.198. The van der Waals surface area contributed by atoms with Gasteiger partial charge in [0.1, 0.15) is 0 Å². The number of benzene rings is 1. The summed E-state index contributed by atoms with van der Waals surface area (Å²) in [6, 6.07) is 9.22. The van der Waals surface area contributed by atoms with Crippen molar-refractivity contribution in [2.45, 2.75) is 57.9 Å². The molecule has 1 fully saturated rings. The largest absolute Gasteiger partial charge is 0.355 e. The molecule has 1 heterocycles. The van der Waals surface area contributed by atoms with E-state index in [0.29, 0.717) is 18.3 Å². The van der Waals surface area contributed by atoms with Crippen molar-refractivity contribution in [3.8, 4) is 0 Å². The zero-order valence-electron chi connectivity index (χ0n) is 17.5. The van der Waals surface area contributed by atoms with Crippen LogP contribution in [0.3, 0.4) is 0 Å². The Kier molecular flexibility index (Phi) is 8.29. The molecule has 1 aliphatic heterocycles. The van der Waals surface area contributed by atoms with Crippen LogP contribution in [0.25, 0.3) is 0 Å². The van der Waals surface area contributed by atoms with Gasteiger partial charge in [-0.2, -0.15) is 0 Å². The summed E-state index contributed by atoms with van der Waals surface area (Å²) in [5.41, 5.74) is 2.72. The van der Waals surface area contributed by atoms with Crippen LogP contribution in [0.15, 0.2) is 29.3 Å². The van der Waals surface area contributed by atoms with Crippen molar-refractivity contribution in [1.82, 2.24) is 15.5 Å². The minimum Gasteiger partial charge on any atom is -0.355 e. The quantitative estimate of drug-likeness (QED) is 0.577. The number of rotatable bonds is 6. The minimum absolute atomic E-state index is 0.164. The van der Waals surface area contributed by atoms with Crippen molar-refractivity contribution in [1.29, 1.82) is 0 Å². The fraction of sp³-hybridized carbons (Fsp3) is 0.667. The Balaban J connectivity index is 1.71. The highest BCUT2D eigenvalue weighted by atomic mass is 32.2. The van der Waals surface area contributed by atoms with Gasteiger partial charge in [0.15, 0.2) is 5.96 Å². The average molecular weight is 393 g/mol. The third-order valence-corrected chi connectivity index (χ3v) is 6.84. The van der Waals surface area contributed by atoms with Gasteiger partial charge in [0, 0.05) is 60.6 Å². The first-order valence-corrected chi connectivity index (χ1v) is 11.2. The van der Waals surface area contributed by atoms with Crippen LogP contribution >= 0.6 is 0 Å². The Morgan fingerprint density at radius 1 is 1.30 bits per heavy atom. The van der Waals surface area contributed by atoms with Crippen LogP contribution in [0.5, 0.6) is 0 Å². The monoisotopic (exact) mass is 392 g/mol. The highest BCUT2D eigenvalue weighted by Gasteiger charge is 2.21. The lowest BCUT2D eigenvalue weighted by atomic mass is 10.0. The van der Waals surface area contributed by atoms with E-state index in [9.17, 15) is 4.21 Å². The molecule has 6 heteroatoms. The van der Waals surface area contributed by atoms with Crippen LogP contribution in [0.1, 0.15) is 44.7 Å². The molecule has 1 atom stereocenters. The van der Waals surface area contributed by atoms with Gasteiger partial charge in [0.2, 0.25) is 0 Å². The molecule has 0 aliphatic carbocycles. The van der Waals surface area contributed by atoms with Crippen LogP contribution in [-0.2, 0) is 17.3 Å². The summed E-state index contributed by atoms with van der Waals surface area (Å²) in [4.78, 5) is 6.84. The van der Waals surface area contributed by atoms with Crippen molar-refractivity contribution >= 4 is 16.8 Å². The third kappa shape index (κ3) is 7.62. The Labute approximate surface area is 167 Å². The van der Waals surface area contributed by atoms with Crippen molar-refractivity contribution in [2.75, 3.05) is 32.4 Å². The maximum Gasteiger partial charge on any atom is 0.191 e. The molecule has 2 rings (SSSR count). The second-order valence-electron chi connectivity index (χ2n) is 8.34. The molecule has 1 aliphatic rings. The first kappa shape index (κ1) is 21.9. The van der Waals surface area contributed by atoms with E-state index in [1.54, 1.807) is 7.05 Å². The van der Waals surface area contributed by atoms with Crippen LogP contribution in [-0.4, -0.2) is 58.3 Å². The molecule has 1 aromatic rings. The number of hydrogen-bond acceptors (Lipinski definition) is 3. The second kappa shape index (κ2) is 10.2. The zero-order valence-corrected chi connectivity index (χ0v) is 18.4. The van der Waals surface area contributed by atoms with E-state index in [4.69, 9.17) is 0 Å². The van der Waals surface area contributed by atoms with Crippen molar-refractivity contribution < 1.29 is 4.21 Å². The Morgan fingerprint density at radius 2 is 2.00 bits per heavy atom. The fourth-order valence-electron chi connectivity index (χ4n) is 3.26. The lowest BCUT2D eigenvalue weighted by Gasteiger charge is -2.33. The molecular formula is C21H36N4OS. The number of nitrogens with one attached hydrogen (secondary N) is 2. The number of aliphatic imine (C=N–C) groups is 1. The molecule has 1 unspecified atom stereocenters. The molecule has 1 saturated heterocycles. The molecule has 2 N–H and O–H groups in total. The second-order valence-corrected chi connectivity index (χ2v) is 10.7. The molecule has 27 heavy (non-hydrogen) atoms. The summed E-state index contributed by atoms with van der Waals surface area (Å²) >= 11 is 0. The van der Waals surface area contributed by atoms with E-state index < -0.39 is 10.8 Å². The van der Waals surface area contributed by atoms with Gasteiger partial charge in [0.05, 0.1) is 0 Å². The number of guanidine groups is 1. The summed E-state index contributed by atoms with van der Waals surface area (Å²) in [7, 11) is 0.954. The first-order chi connectivity index (χ1) is 12.8. The summed E-state index contributed by atoms with van der Waals surface area (Å²) in [6.07, 6.45) is 2.22. The number of nitrogens with zero attached hydrogens (tertiary/aromatic N) is 2. The van der Waals surface area contributed by atoms with E-state index in [2.05, 4.69) is 51.7 Å². The van der Waals surface area contributed by atoms with Crippen LogP contribution < -0.4 is 10.6 Å². The normalized spacial score (nSPS) is 18.3. The van der Waals surface area contributed by atoms with Crippen LogP contribution in [0, 0.1) is 6.92 Å². The topological polar surface area (TPSA) is 56.7 Å². The van der Waals surface area contributed by atoms with Crippen molar-refractivity contribution in [3.05, 3.63) is 35.4 Å². The molecule has 0 bridgehead atoms. The maximum absolute atomic E-state index is 12.1. The average Bonchev–Trinajstić information content (AvgIpc) is 2.61. The van der Waals surface area contributed by atoms with E-state index in [-0.39, 0.29) is 4.75 Å². The summed E-state index contributed by atoms with van der Waals surface area (Å²) in [6.45, 7) is 12.1. The van der Waals surface area contributed by atoms with Crippen LogP contribution in [0.4, 0.5) is 0 Å². The summed E-state index contributed by atoms with van der Waals surface area (Å²) in [5, 5.41) is 6.83. The highest BCUT2D eigenvalue weighted by molar-refractivity contribution is 7.86. The van der Waals surface area contributed by atoms with E-state index in [1.165, 1.54) is 11.1 Å². The molecule has 1 aromatic carbocycles. The molecule has 0 radical (unpaired) electrons. The predicted molar refractivity (Wildman–Crippen MR) is 117 cm³/mol. The molecule has 0 spiro atoms.